The van der Waals surface area contributed by atoms with Gasteiger partial charge in [0.1, 0.15) is 5.92 Å². The maximum Gasteiger partial charge on any atom is 0.358 e. The van der Waals surface area contributed by atoms with E-state index in [1.165, 1.54) is 13.8 Å². The predicted molar refractivity (Wildman–Crippen MR) is 79.3 cm³/mol. The summed E-state index contributed by atoms with van der Waals surface area (Å²) in [5.41, 5.74) is 4.35. The first-order valence-corrected chi connectivity index (χ1v) is 6.60. The number of carbonyl (C=O) groups excluding carboxylic acids is 1. The lowest BCUT2D eigenvalue weighted by atomic mass is 9.76. The van der Waals surface area contributed by atoms with Crippen LogP contribution < -0.4 is 5.73 Å². The van der Waals surface area contributed by atoms with Crippen LogP contribution in [-0.2, 0) is 4.79 Å². The van der Waals surface area contributed by atoms with Gasteiger partial charge in [-0.1, -0.05) is 30.3 Å². The number of nitrogens with two attached hydrogens (primary N) is 1. The highest BCUT2D eigenvalue weighted by molar-refractivity contribution is 5.97. The number of hydrogen-bond donors (Lipinski definition) is 1. The Kier molecular flexibility index (Phi) is 3.71. The number of rotatable bonds is 2. The topological polar surface area (TPSA) is 117 Å². The summed E-state index contributed by atoms with van der Waals surface area (Å²) in [6, 6.07) is 12.7. The molecule has 0 aromatic heterocycles. The molecule has 1 heterocycles. The second kappa shape index (κ2) is 5.34. The van der Waals surface area contributed by atoms with E-state index in [1.54, 1.807) is 30.3 Å². The monoisotopic (exact) mass is 294 g/mol. The molecule has 6 heteroatoms. The number of hydroxylamine groups is 1. The summed E-state index contributed by atoms with van der Waals surface area (Å²) in [4.78, 5) is 11.8. The van der Waals surface area contributed by atoms with Crippen LogP contribution in [0.15, 0.2) is 41.5 Å². The first-order valence-electron chi connectivity index (χ1n) is 6.60. The summed E-state index contributed by atoms with van der Waals surface area (Å²) in [7, 11) is 0. The Morgan fingerprint density at radius 2 is 1.91 bits per heavy atom. The average molecular weight is 294 g/mol. The van der Waals surface area contributed by atoms with Gasteiger partial charge >= 0.3 is 11.4 Å². The van der Waals surface area contributed by atoms with Crippen molar-refractivity contribution in [3.63, 3.8) is 0 Å². The van der Waals surface area contributed by atoms with Crippen molar-refractivity contribution >= 4 is 11.6 Å². The lowest BCUT2D eigenvalue weighted by Gasteiger charge is -2.32. The minimum Gasteiger partial charge on any atom is -0.622 e. The Hall–Kier alpha value is -3.12. The smallest absolute Gasteiger partial charge is 0.358 e. The number of carbonyl (C=O) groups is 1. The van der Waals surface area contributed by atoms with Crippen molar-refractivity contribution in [1.82, 2.24) is 0 Å². The lowest BCUT2D eigenvalue weighted by Crippen LogP contribution is -2.56. The van der Waals surface area contributed by atoms with E-state index in [2.05, 4.69) is 0 Å². The third-order valence-electron chi connectivity index (χ3n) is 4.05. The Bertz CT molecular complexity index is 781. The van der Waals surface area contributed by atoms with Gasteiger partial charge in [-0.05, 0) is 12.5 Å². The van der Waals surface area contributed by atoms with Crippen molar-refractivity contribution in [3.05, 3.63) is 52.2 Å². The van der Waals surface area contributed by atoms with Crippen molar-refractivity contribution < 1.29 is 9.53 Å². The summed E-state index contributed by atoms with van der Waals surface area (Å²) in [6.45, 7) is 2.93. The van der Waals surface area contributed by atoms with E-state index >= 15 is 0 Å². The first kappa shape index (κ1) is 15.3. The van der Waals surface area contributed by atoms with Gasteiger partial charge in [0.25, 0.3) is 0 Å². The van der Waals surface area contributed by atoms with Gasteiger partial charge < -0.3 is 10.9 Å². The molecule has 110 valence electrons. The molecular weight excluding hydrogens is 280 g/mol. The van der Waals surface area contributed by atoms with Gasteiger partial charge in [-0.2, -0.15) is 15.3 Å². The minimum atomic E-state index is -2.17. The number of nitrogens with zero attached hydrogens (tertiary/aromatic N) is 3. The average Bonchev–Trinajstić information content (AvgIpc) is 2.52. The summed E-state index contributed by atoms with van der Waals surface area (Å²) < 4.78 is 0.336. The Balaban J connectivity index is 2.81. The van der Waals surface area contributed by atoms with Gasteiger partial charge in [0.2, 0.25) is 0 Å². The lowest BCUT2D eigenvalue weighted by molar-refractivity contribution is -0.507. The molecule has 1 aromatic carbocycles. The molecule has 0 saturated heterocycles. The highest BCUT2D eigenvalue weighted by atomic mass is 16.5. The zero-order valence-corrected chi connectivity index (χ0v) is 12.2. The second-order valence-electron chi connectivity index (χ2n) is 5.12. The van der Waals surface area contributed by atoms with Crippen molar-refractivity contribution in [2.24, 2.45) is 5.73 Å². The standard InChI is InChI=1S/C16H14N4O2/c1-10-13(8-17)14(12-6-4-3-5-7-12)11(2)20(22)16(10,9-18)15(19)21/h3-7,14H,1-2H3,(H2,19,21)/t14-,16+/m1/s1. The Labute approximate surface area is 128 Å². The van der Waals surface area contributed by atoms with Crippen molar-refractivity contribution in [3.8, 4) is 12.1 Å². The van der Waals surface area contributed by atoms with Crippen LogP contribution in [0.25, 0.3) is 0 Å². The van der Waals surface area contributed by atoms with Crippen LogP contribution in [-0.4, -0.2) is 21.9 Å². The van der Waals surface area contributed by atoms with Crippen LogP contribution in [0.4, 0.5) is 0 Å². The predicted octanol–water partition coefficient (Wildman–Crippen LogP) is 1.34. The molecule has 0 fully saturated rings. The zero-order chi connectivity index (χ0) is 16.5. The van der Waals surface area contributed by atoms with E-state index in [4.69, 9.17) is 5.73 Å². The molecule has 22 heavy (non-hydrogen) atoms. The Morgan fingerprint density at radius 1 is 1.32 bits per heavy atom. The van der Waals surface area contributed by atoms with Gasteiger partial charge in [-0.15, -0.1) is 0 Å². The minimum absolute atomic E-state index is 0.0828. The van der Waals surface area contributed by atoms with Crippen molar-refractivity contribution in [2.75, 3.05) is 0 Å². The molecule has 1 aliphatic heterocycles. The Morgan fingerprint density at radius 3 is 2.36 bits per heavy atom. The van der Waals surface area contributed by atoms with Gasteiger partial charge in [-0.3, -0.25) is 4.79 Å². The van der Waals surface area contributed by atoms with Crippen molar-refractivity contribution in [1.29, 1.82) is 10.5 Å². The van der Waals surface area contributed by atoms with Gasteiger partial charge in [0.15, 0.2) is 11.8 Å². The molecule has 1 aliphatic rings. The summed E-state index contributed by atoms with van der Waals surface area (Å²) in [6.07, 6.45) is 0. The van der Waals surface area contributed by atoms with E-state index < -0.39 is 17.4 Å². The van der Waals surface area contributed by atoms with Crippen LogP contribution in [0, 0.1) is 27.9 Å². The van der Waals surface area contributed by atoms with Crippen LogP contribution in [0.5, 0.6) is 0 Å². The molecule has 0 saturated carbocycles. The first-order chi connectivity index (χ1) is 10.4. The number of allylic oxidation sites excluding steroid dienone is 1. The quantitative estimate of drug-likeness (QED) is 0.654. The largest absolute Gasteiger partial charge is 0.622 e. The van der Waals surface area contributed by atoms with Gasteiger partial charge in [0, 0.05) is 12.5 Å². The molecule has 0 unspecified atom stereocenters. The van der Waals surface area contributed by atoms with E-state index in [0.717, 1.165) is 5.56 Å². The number of amides is 1. The fourth-order valence-corrected chi connectivity index (χ4v) is 2.83. The second-order valence-corrected chi connectivity index (χ2v) is 5.12. The SMILES string of the molecule is CC1=C(C#N)[C@@H](c2ccccc2)C(C)=[N+]([O-])[C@]1(C#N)C(N)=O. The molecule has 2 atom stereocenters. The molecule has 2 N–H and O–H groups in total. The fourth-order valence-electron chi connectivity index (χ4n) is 2.83. The van der Waals surface area contributed by atoms with E-state index in [0.29, 0.717) is 4.74 Å². The molecule has 0 radical (unpaired) electrons. The maximum absolute atomic E-state index is 12.6. The van der Waals surface area contributed by atoms with Gasteiger partial charge in [-0.25, -0.2) is 0 Å². The van der Waals surface area contributed by atoms with E-state index in [9.17, 15) is 20.5 Å². The molecule has 2 rings (SSSR count). The molecule has 0 spiro atoms. The number of primary amides is 1. The molecule has 1 amide bonds. The highest BCUT2D eigenvalue weighted by Crippen LogP contribution is 2.37. The third-order valence-corrected chi connectivity index (χ3v) is 4.05. The molecule has 1 aromatic rings. The summed E-state index contributed by atoms with van der Waals surface area (Å²) in [5, 5.41) is 31.5. The summed E-state index contributed by atoms with van der Waals surface area (Å²) >= 11 is 0. The van der Waals surface area contributed by atoms with Gasteiger partial charge in [0.05, 0.1) is 11.6 Å². The third kappa shape index (κ3) is 1.86. The number of benzene rings is 1. The maximum atomic E-state index is 12.6. The van der Waals surface area contributed by atoms with E-state index in [1.807, 2.05) is 12.1 Å². The van der Waals surface area contributed by atoms with Crippen molar-refractivity contribution in [2.45, 2.75) is 25.3 Å². The molecule has 6 nitrogen and oxygen atoms in total. The van der Waals surface area contributed by atoms with Crippen LogP contribution >= 0.6 is 0 Å². The zero-order valence-electron chi connectivity index (χ0n) is 12.2. The normalized spacial score (nSPS) is 24.6. The summed E-state index contributed by atoms with van der Waals surface area (Å²) in [5.74, 6) is -1.68. The highest BCUT2D eigenvalue weighted by Gasteiger charge is 2.55. The molecule has 0 aliphatic carbocycles. The number of nitriles is 2. The van der Waals surface area contributed by atoms with Crippen LogP contribution in [0.3, 0.4) is 0 Å². The van der Waals surface area contributed by atoms with E-state index in [-0.39, 0.29) is 16.9 Å². The van der Waals surface area contributed by atoms with Crippen LogP contribution in [0.2, 0.25) is 0 Å². The fraction of sp³-hybridized carbons (Fsp3) is 0.250. The van der Waals surface area contributed by atoms with Crippen LogP contribution in [0.1, 0.15) is 25.3 Å². The molecule has 0 bridgehead atoms. The number of hydrogen-bond acceptors (Lipinski definition) is 4. The molecular formula is C16H14N4O2.